The second kappa shape index (κ2) is 4.74. The van der Waals surface area contributed by atoms with Crippen LogP contribution in [0.1, 0.15) is 19.3 Å². The van der Waals surface area contributed by atoms with Crippen molar-refractivity contribution in [1.82, 2.24) is 4.57 Å². The lowest BCUT2D eigenvalue weighted by molar-refractivity contribution is 0.493. The summed E-state index contributed by atoms with van der Waals surface area (Å²) in [5.74, 6) is -0.373. The lowest BCUT2D eigenvalue weighted by atomic mass is 10.2. The van der Waals surface area contributed by atoms with Crippen LogP contribution >= 0.6 is 0 Å². The molecular formula is C12H13N3O2. The summed E-state index contributed by atoms with van der Waals surface area (Å²) in [7, 11) is 0. The summed E-state index contributed by atoms with van der Waals surface area (Å²) in [6.45, 7) is 0.567. The highest BCUT2D eigenvalue weighted by Crippen LogP contribution is 2.16. The Labute approximate surface area is 98.1 Å². The molecule has 2 rings (SSSR count). The van der Waals surface area contributed by atoms with E-state index < -0.39 is 0 Å². The molecule has 5 nitrogen and oxygen atoms in total. The quantitative estimate of drug-likeness (QED) is 0.643. The van der Waals surface area contributed by atoms with Gasteiger partial charge in [0.05, 0.1) is 11.6 Å². The van der Waals surface area contributed by atoms with E-state index in [9.17, 15) is 4.79 Å². The number of nitrogens with two attached hydrogens (primary N) is 1. The highest BCUT2D eigenvalue weighted by Gasteiger charge is 2.08. The zero-order chi connectivity index (χ0) is 12.3. The predicted molar refractivity (Wildman–Crippen MR) is 64.4 cm³/mol. The van der Waals surface area contributed by atoms with Gasteiger partial charge in [0.25, 0.3) is 0 Å². The second-order valence-electron chi connectivity index (χ2n) is 3.86. The van der Waals surface area contributed by atoms with Gasteiger partial charge in [-0.3, -0.25) is 4.57 Å². The number of aromatic nitrogens is 1. The van der Waals surface area contributed by atoms with E-state index in [0.29, 0.717) is 24.2 Å². The maximum atomic E-state index is 11.6. The Bertz CT molecular complexity index is 619. The Morgan fingerprint density at radius 2 is 2.24 bits per heavy atom. The summed E-state index contributed by atoms with van der Waals surface area (Å²) in [5, 5.41) is 8.43. The maximum absolute atomic E-state index is 11.6. The number of hydrogen-bond acceptors (Lipinski definition) is 4. The van der Waals surface area contributed by atoms with Crippen molar-refractivity contribution >= 4 is 16.8 Å². The molecule has 0 radical (unpaired) electrons. The Hall–Kier alpha value is -2.22. The van der Waals surface area contributed by atoms with Crippen molar-refractivity contribution < 1.29 is 4.42 Å². The number of aryl methyl sites for hydroxylation is 1. The van der Waals surface area contributed by atoms with E-state index in [1.165, 1.54) is 0 Å². The number of nitrogens with zero attached hydrogens (tertiary/aromatic N) is 2. The van der Waals surface area contributed by atoms with Crippen LogP contribution < -0.4 is 11.5 Å². The van der Waals surface area contributed by atoms with Gasteiger partial charge in [-0.1, -0.05) is 0 Å². The molecule has 2 aromatic rings. The van der Waals surface area contributed by atoms with Crippen LogP contribution in [-0.4, -0.2) is 4.57 Å². The first-order valence-corrected chi connectivity index (χ1v) is 5.48. The number of hydrogen-bond donors (Lipinski definition) is 1. The average Bonchev–Trinajstić information content (AvgIpc) is 2.60. The van der Waals surface area contributed by atoms with Crippen molar-refractivity contribution in [3.05, 3.63) is 28.7 Å². The van der Waals surface area contributed by atoms with Crippen LogP contribution in [0.4, 0.5) is 5.69 Å². The fraction of sp³-hybridized carbons (Fsp3) is 0.333. The molecule has 17 heavy (non-hydrogen) atoms. The molecule has 2 N–H and O–H groups in total. The largest absolute Gasteiger partial charge is 0.419 e. The third kappa shape index (κ3) is 2.31. The molecule has 0 aliphatic carbocycles. The number of rotatable bonds is 4. The summed E-state index contributed by atoms with van der Waals surface area (Å²) in [5.41, 5.74) is 7.45. The molecule has 0 fully saturated rings. The Morgan fingerprint density at radius 3 is 3.00 bits per heavy atom. The topological polar surface area (TPSA) is 85.0 Å². The van der Waals surface area contributed by atoms with Gasteiger partial charge < -0.3 is 10.2 Å². The van der Waals surface area contributed by atoms with E-state index in [-0.39, 0.29) is 5.76 Å². The number of nitriles is 1. The molecule has 5 heteroatoms. The molecule has 0 aliphatic rings. The van der Waals surface area contributed by atoms with Crippen LogP contribution in [0.25, 0.3) is 11.1 Å². The van der Waals surface area contributed by atoms with Crippen LogP contribution in [0.2, 0.25) is 0 Å². The number of benzene rings is 1. The van der Waals surface area contributed by atoms with Gasteiger partial charge in [-0.05, 0) is 25.0 Å². The molecule has 1 heterocycles. The van der Waals surface area contributed by atoms with Gasteiger partial charge in [-0.15, -0.1) is 0 Å². The Balaban J connectivity index is 2.25. The van der Waals surface area contributed by atoms with Gasteiger partial charge in [0.2, 0.25) is 0 Å². The van der Waals surface area contributed by atoms with E-state index in [0.717, 1.165) is 18.4 Å². The Morgan fingerprint density at radius 1 is 1.41 bits per heavy atom. The third-order valence-electron chi connectivity index (χ3n) is 2.61. The number of fused-ring (bicyclic) bond motifs is 1. The van der Waals surface area contributed by atoms with E-state index in [4.69, 9.17) is 15.4 Å². The SMILES string of the molecule is N#CCCCCn1c(=O)oc2cc(N)ccc21. The zero-order valence-electron chi connectivity index (χ0n) is 9.35. The van der Waals surface area contributed by atoms with Crippen molar-refractivity contribution in [2.75, 3.05) is 5.73 Å². The van der Waals surface area contributed by atoms with Crippen LogP contribution in [0.15, 0.2) is 27.4 Å². The molecule has 1 aromatic heterocycles. The minimum absolute atomic E-state index is 0.373. The molecule has 0 atom stereocenters. The van der Waals surface area contributed by atoms with Gasteiger partial charge in [0, 0.05) is 24.7 Å². The zero-order valence-corrected chi connectivity index (χ0v) is 9.35. The lowest BCUT2D eigenvalue weighted by Crippen LogP contribution is -2.13. The highest BCUT2D eigenvalue weighted by molar-refractivity contribution is 5.76. The van der Waals surface area contributed by atoms with Crippen molar-refractivity contribution in [3.63, 3.8) is 0 Å². The van der Waals surface area contributed by atoms with Gasteiger partial charge in [0.15, 0.2) is 5.58 Å². The lowest BCUT2D eigenvalue weighted by Gasteiger charge is -2.00. The molecular weight excluding hydrogens is 218 g/mol. The smallest absolute Gasteiger partial charge is 0.408 e. The maximum Gasteiger partial charge on any atom is 0.419 e. The van der Waals surface area contributed by atoms with Crippen LogP contribution in [0.5, 0.6) is 0 Å². The first kappa shape index (κ1) is 11.3. The summed E-state index contributed by atoms with van der Waals surface area (Å²) in [6, 6.07) is 7.24. The van der Waals surface area contributed by atoms with E-state index >= 15 is 0 Å². The van der Waals surface area contributed by atoms with Gasteiger partial charge >= 0.3 is 5.76 Å². The highest BCUT2D eigenvalue weighted by atomic mass is 16.4. The minimum atomic E-state index is -0.373. The third-order valence-corrected chi connectivity index (χ3v) is 2.61. The number of oxazole rings is 1. The van der Waals surface area contributed by atoms with Crippen molar-refractivity contribution in [1.29, 1.82) is 5.26 Å². The van der Waals surface area contributed by atoms with Gasteiger partial charge in [-0.25, -0.2) is 4.79 Å². The summed E-state index contributed by atoms with van der Waals surface area (Å²) in [4.78, 5) is 11.6. The summed E-state index contributed by atoms with van der Waals surface area (Å²) >= 11 is 0. The summed E-state index contributed by atoms with van der Waals surface area (Å²) < 4.78 is 6.67. The number of nitrogen functional groups attached to an aromatic ring is 1. The van der Waals surface area contributed by atoms with E-state index in [2.05, 4.69) is 6.07 Å². The molecule has 1 aromatic carbocycles. The van der Waals surface area contributed by atoms with Gasteiger partial charge in [-0.2, -0.15) is 5.26 Å². The van der Waals surface area contributed by atoms with E-state index in [1.54, 1.807) is 22.8 Å². The van der Waals surface area contributed by atoms with Crippen LogP contribution in [-0.2, 0) is 6.54 Å². The molecule has 0 spiro atoms. The number of unbranched alkanes of at least 4 members (excludes halogenated alkanes) is 2. The molecule has 0 aliphatic heterocycles. The normalized spacial score (nSPS) is 10.5. The Kier molecular flexibility index (Phi) is 3.15. The van der Waals surface area contributed by atoms with Crippen LogP contribution in [0.3, 0.4) is 0 Å². The molecule has 0 unspecified atom stereocenters. The fourth-order valence-corrected chi connectivity index (χ4v) is 1.77. The monoisotopic (exact) mass is 231 g/mol. The molecule has 0 amide bonds. The second-order valence-corrected chi connectivity index (χ2v) is 3.86. The average molecular weight is 231 g/mol. The first-order chi connectivity index (χ1) is 8.22. The minimum Gasteiger partial charge on any atom is -0.408 e. The standard InChI is InChI=1S/C12H13N3O2/c13-6-2-1-3-7-15-10-5-4-9(14)8-11(10)17-12(15)16/h4-5,8H,1-3,7,14H2. The first-order valence-electron chi connectivity index (χ1n) is 5.48. The summed E-state index contributed by atoms with van der Waals surface area (Å²) in [6.07, 6.45) is 2.08. The van der Waals surface area contributed by atoms with E-state index in [1.807, 2.05) is 0 Å². The van der Waals surface area contributed by atoms with Crippen molar-refractivity contribution in [3.8, 4) is 6.07 Å². The molecule has 0 bridgehead atoms. The number of anilines is 1. The van der Waals surface area contributed by atoms with Crippen molar-refractivity contribution in [2.24, 2.45) is 0 Å². The van der Waals surface area contributed by atoms with Crippen molar-refractivity contribution in [2.45, 2.75) is 25.8 Å². The molecule has 88 valence electrons. The molecule has 0 saturated carbocycles. The molecule has 0 saturated heterocycles. The predicted octanol–water partition coefficient (Wildman–Crippen LogP) is 1.87. The van der Waals surface area contributed by atoms with Gasteiger partial charge in [0.1, 0.15) is 0 Å². The fourth-order valence-electron chi connectivity index (χ4n) is 1.77. The van der Waals surface area contributed by atoms with Crippen LogP contribution in [0, 0.1) is 11.3 Å².